The number of nitrogens with zero attached hydrogens (tertiary/aromatic N) is 5. The van der Waals surface area contributed by atoms with Gasteiger partial charge in [0.1, 0.15) is 6.04 Å². The molecule has 10 heteroatoms. The second-order valence-corrected chi connectivity index (χ2v) is 7.54. The number of likely N-dealkylation sites (N-methyl/N-ethyl adjacent to an activating group) is 1. The van der Waals surface area contributed by atoms with Crippen molar-refractivity contribution in [3.8, 4) is 0 Å². The monoisotopic (exact) mass is 343 g/mol. The first kappa shape index (κ1) is 17.4. The molecular weight excluding hydrogens is 322 g/mol. The zero-order chi connectivity index (χ0) is 17.4. The summed E-state index contributed by atoms with van der Waals surface area (Å²) >= 11 is 0. The van der Waals surface area contributed by atoms with E-state index in [0.717, 1.165) is 4.31 Å². The van der Waals surface area contributed by atoms with Crippen molar-refractivity contribution in [2.24, 2.45) is 7.05 Å². The fourth-order valence-corrected chi connectivity index (χ4v) is 4.02. The summed E-state index contributed by atoms with van der Waals surface area (Å²) in [5.41, 5.74) is 0. The molecule has 1 fully saturated rings. The third-order valence-corrected chi connectivity index (χ3v) is 5.55. The van der Waals surface area contributed by atoms with Gasteiger partial charge in [-0.25, -0.2) is 13.4 Å². The highest BCUT2D eigenvalue weighted by Crippen LogP contribution is 2.21. The lowest BCUT2D eigenvalue weighted by molar-refractivity contribution is -0.138. The van der Waals surface area contributed by atoms with Crippen LogP contribution in [0.2, 0.25) is 0 Å². The number of aromatic nitrogens is 2. The minimum Gasteiger partial charge on any atom is -0.347 e. The second kappa shape index (κ2) is 6.28. The van der Waals surface area contributed by atoms with Crippen molar-refractivity contribution >= 4 is 21.8 Å². The molecule has 0 radical (unpaired) electrons. The van der Waals surface area contributed by atoms with E-state index < -0.39 is 16.1 Å². The van der Waals surface area contributed by atoms with Gasteiger partial charge in [-0.05, 0) is 0 Å². The molecule has 1 atom stereocenters. The summed E-state index contributed by atoms with van der Waals surface area (Å²) in [5, 5.41) is -0.104. The molecule has 1 aliphatic rings. The van der Waals surface area contributed by atoms with Crippen molar-refractivity contribution in [3.63, 3.8) is 0 Å². The molecule has 0 aromatic carbocycles. The fraction of sp³-hybridized carbons (Fsp3) is 0.615. The number of hydrogen-bond donors (Lipinski definition) is 0. The highest BCUT2D eigenvalue weighted by molar-refractivity contribution is 7.89. The summed E-state index contributed by atoms with van der Waals surface area (Å²) < 4.78 is 28.2. The lowest BCUT2D eigenvalue weighted by Crippen LogP contribution is -2.61. The lowest BCUT2D eigenvalue weighted by atomic mass is 10.2. The van der Waals surface area contributed by atoms with Crippen molar-refractivity contribution in [1.82, 2.24) is 23.7 Å². The molecule has 0 aliphatic carbocycles. The van der Waals surface area contributed by atoms with Crippen molar-refractivity contribution in [3.05, 3.63) is 12.5 Å². The van der Waals surface area contributed by atoms with E-state index in [0.29, 0.717) is 0 Å². The van der Waals surface area contributed by atoms with Crippen LogP contribution in [0.25, 0.3) is 0 Å². The van der Waals surface area contributed by atoms with Crippen LogP contribution in [0.4, 0.5) is 0 Å². The molecule has 0 bridgehead atoms. The predicted molar refractivity (Wildman–Crippen MR) is 81.8 cm³/mol. The van der Waals surface area contributed by atoms with Gasteiger partial charge < -0.3 is 14.4 Å². The number of hydrogen-bond acceptors (Lipinski definition) is 5. The average Bonchev–Trinajstić information content (AvgIpc) is 2.93. The van der Waals surface area contributed by atoms with E-state index in [4.69, 9.17) is 0 Å². The molecule has 0 spiro atoms. The van der Waals surface area contributed by atoms with Gasteiger partial charge in [-0.2, -0.15) is 4.31 Å². The molecule has 2 amide bonds. The van der Waals surface area contributed by atoms with Crippen molar-refractivity contribution in [2.75, 3.05) is 33.7 Å². The number of amides is 2. The Hall–Kier alpha value is -1.94. The van der Waals surface area contributed by atoms with Gasteiger partial charge in [0.05, 0.1) is 6.33 Å². The summed E-state index contributed by atoms with van der Waals surface area (Å²) in [5.74, 6) is -0.549. The number of aryl methyl sites for hydroxylation is 1. The van der Waals surface area contributed by atoms with E-state index in [1.165, 1.54) is 33.8 Å². The molecule has 9 nitrogen and oxygen atoms in total. The Morgan fingerprint density at radius 1 is 1.30 bits per heavy atom. The van der Waals surface area contributed by atoms with Crippen molar-refractivity contribution in [1.29, 1.82) is 0 Å². The SMILES string of the molecule is CC(=O)N1CCN(S(=O)(=O)c2cn(C)cn2)C(C(=O)N(C)C)C1. The van der Waals surface area contributed by atoms with E-state index >= 15 is 0 Å². The van der Waals surface area contributed by atoms with Gasteiger partial charge in [-0.3, -0.25) is 9.59 Å². The zero-order valence-electron chi connectivity index (χ0n) is 13.6. The Bertz CT molecular complexity index is 712. The maximum atomic E-state index is 12.8. The number of imidazole rings is 1. The van der Waals surface area contributed by atoms with Gasteiger partial charge >= 0.3 is 0 Å². The molecule has 0 N–H and O–H groups in total. The summed E-state index contributed by atoms with van der Waals surface area (Å²) in [7, 11) is 0.879. The maximum absolute atomic E-state index is 12.8. The topological polar surface area (TPSA) is 95.8 Å². The largest absolute Gasteiger partial charge is 0.347 e. The summed E-state index contributed by atoms with van der Waals surface area (Å²) in [6.07, 6.45) is 2.78. The van der Waals surface area contributed by atoms with Gasteiger partial charge in [0.15, 0.2) is 5.03 Å². The number of rotatable bonds is 3. The Balaban J connectivity index is 2.38. The molecule has 128 valence electrons. The van der Waals surface area contributed by atoms with Gasteiger partial charge in [0.25, 0.3) is 10.0 Å². The van der Waals surface area contributed by atoms with Gasteiger partial charge in [0, 0.05) is 53.9 Å². The molecule has 2 heterocycles. The van der Waals surface area contributed by atoms with E-state index in [1.54, 1.807) is 21.1 Å². The Morgan fingerprint density at radius 2 is 1.96 bits per heavy atom. The van der Waals surface area contributed by atoms with Crippen LogP contribution < -0.4 is 0 Å². The summed E-state index contributed by atoms with van der Waals surface area (Å²) in [4.78, 5) is 30.7. The highest BCUT2D eigenvalue weighted by atomic mass is 32.2. The first-order valence-corrected chi connectivity index (χ1v) is 8.55. The standard InChI is InChI=1S/C13H21N5O4S/c1-10(19)17-5-6-18(11(7-17)13(20)15(2)3)23(21,22)12-8-16(4)9-14-12/h8-9,11H,5-7H2,1-4H3. The van der Waals surface area contributed by atoms with Crippen LogP contribution in [0.1, 0.15) is 6.92 Å². The summed E-state index contributed by atoms with van der Waals surface area (Å²) in [6.45, 7) is 1.75. The van der Waals surface area contributed by atoms with E-state index in [-0.39, 0.29) is 36.5 Å². The smallest absolute Gasteiger partial charge is 0.262 e. The van der Waals surface area contributed by atoms with Crippen LogP contribution in [0.3, 0.4) is 0 Å². The Kier molecular flexibility index (Phi) is 4.76. The molecule has 0 saturated carbocycles. The van der Waals surface area contributed by atoms with E-state index in [1.807, 2.05) is 0 Å². The number of carbonyl (C=O) groups excluding carboxylic acids is 2. The predicted octanol–water partition coefficient (Wildman–Crippen LogP) is -1.27. The maximum Gasteiger partial charge on any atom is 0.262 e. The molecule has 1 saturated heterocycles. The van der Waals surface area contributed by atoms with Crippen LogP contribution >= 0.6 is 0 Å². The fourth-order valence-electron chi connectivity index (χ4n) is 2.48. The van der Waals surface area contributed by atoms with Crippen LogP contribution in [0, 0.1) is 0 Å². The minimum atomic E-state index is -3.90. The van der Waals surface area contributed by atoms with Crippen molar-refractivity contribution in [2.45, 2.75) is 18.0 Å². The van der Waals surface area contributed by atoms with E-state index in [2.05, 4.69) is 4.98 Å². The molecule has 1 aromatic heterocycles. The highest BCUT2D eigenvalue weighted by Gasteiger charge is 2.42. The third-order valence-electron chi connectivity index (χ3n) is 3.76. The summed E-state index contributed by atoms with van der Waals surface area (Å²) in [6, 6.07) is -0.949. The molecule has 23 heavy (non-hydrogen) atoms. The normalized spacial score (nSPS) is 19.7. The zero-order valence-corrected chi connectivity index (χ0v) is 14.4. The van der Waals surface area contributed by atoms with Gasteiger partial charge in [-0.15, -0.1) is 0 Å². The van der Waals surface area contributed by atoms with Crippen LogP contribution in [0.5, 0.6) is 0 Å². The molecular formula is C13H21N5O4S. The molecule has 1 aromatic rings. The minimum absolute atomic E-state index is 0.0401. The number of piperazine rings is 1. The van der Waals surface area contributed by atoms with Gasteiger partial charge in [-0.1, -0.05) is 0 Å². The van der Waals surface area contributed by atoms with Crippen LogP contribution in [-0.2, 0) is 26.7 Å². The first-order valence-electron chi connectivity index (χ1n) is 7.11. The Morgan fingerprint density at radius 3 is 2.43 bits per heavy atom. The third kappa shape index (κ3) is 3.37. The Labute approximate surface area is 135 Å². The first-order chi connectivity index (χ1) is 10.6. The van der Waals surface area contributed by atoms with Gasteiger partial charge in [0.2, 0.25) is 11.8 Å². The van der Waals surface area contributed by atoms with E-state index in [9.17, 15) is 18.0 Å². The lowest BCUT2D eigenvalue weighted by Gasteiger charge is -2.39. The van der Waals surface area contributed by atoms with Crippen LogP contribution in [-0.4, -0.2) is 83.7 Å². The van der Waals surface area contributed by atoms with Crippen molar-refractivity contribution < 1.29 is 18.0 Å². The number of carbonyl (C=O) groups is 2. The molecule has 1 aliphatic heterocycles. The van der Waals surface area contributed by atoms with Crippen LogP contribution in [0.15, 0.2) is 17.6 Å². The quantitative estimate of drug-likeness (QED) is 0.682. The second-order valence-electron chi connectivity index (χ2n) is 5.71. The number of sulfonamides is 1. The molecule has 1 unspecified atom stereocenters. The molecule has 2 rings (SSSR count). The average molecular weight is 343 g/mol.